The third kappa shape index (κ3) is 8.66. The van der Waals surface area contributed by atoms with E-state index < -0.39 is 28.5 Å². The molecule has 0 aromatic heterocycles. The number of halogens is 2. The molecule has 11 heteroatoms. The quantitative estimate of drug-likeness (QED) is 0.164. The molecule has 1 fully saturated rings. The highest BCUT2D eigenvalue weighted by Gasteiger charge is 2.35. The Kier molecular flexibility index (Phi) is 11.4. The van der Waals surface area contributed by atoms with E-state index in [1.807, 2.05) is 30.3 Å². The number of rotatable bonds is 13. The zero-order chi connectivity index (χ0) is 33.4. The molecule has 2 amide bonds. The summed E-state index contributed by atoms with van der Waals surface area (Å²) in [6.07, 6.45) is 3.98. The van der Waals surface area contributed by atoms with Gasteiger partial charge in [0.05, 0.1) is 17.7 Å². The Morgan fingerprint density at radius 1 is 0.894 bits per heavy atom. The Labute approximate surface area is 286 Å². The molecule has 0 bridgehead atoms. The van der Waals surface area contributed by atoms with Crippen LogP contribution in [0.25, 0.3) is 0 Å². The fraction of sp³-hybridized carbons (Fsp3) is 0.278. The van der Waals surface area contributed by atoms with Crippen molar-refractivity contribution in [2.45, 2.75) is 55.6 Å². The second-order valence-corrected chi connectivity index (χ2v) is 14.2. The molecule has 0 heterocycles. The first-order valence-corrected chi connectivity index (χ1v) is 17.6. The Bertz CT molecular complexity index is 1770. The molecule has 47 heavy (non-hydrogen) atoms. The Balaban J connectivity index is 1.58. The van der Waals surface area contributed by atoms with Crippen LogP contribution in [-0.4, -0.2) is 50.9 Å². The number of nitrogens with one attached hydrogen (secondary N) is 1. The predicted octanol–water partition coefficient (Wildman–Crippen LogP) is 6.90. The van der Waals surface area contributed by atoms with Crippen molar-refractivity contribution >= 4 is 50.7 Å². The monoisotopic (exact) mass is 693 g/mol. The highest BCUT2D eigenvalue weighted by Crippen LogP contribution is 2.28. The van der Waals surface area contributed by atoms with Gasteiger partial charge in [0, 0.05) is 29.1 Å². The summed E-state index contributed by atoms with van der Waals surface area (Å²) in [4.78, 5) is 30.2. The lowest BCUT2D eigenvalue weighted by atomic mass is 10.0. The lowest BCUT2D eigenvalue weighted by Gasteiger charge is -2.34. The molecule has 1 saturated carbocycles. The third-order valence-electron chi connectivity index (χ3n) is 8.30. The number of benzene rings is 4. The number of hydrogen-bond acceptors (Lipinski definition) is 5. The summed E-state index contributed by atoms with van der Waals surface area (Å²) < 4.78 is 34.6. The van der Waals surface area contributed by atoms with Gasteiger partial charge in [-0.3, -0.25) is 13.9 Å². The molecule has 1 aliphatic carbocycles. The molecule has 246 valence electrons. The van der Waals surface area contributed by atoms with Gasteiger partial charge in [0.1, 0.15) is 18.3 Å². The van der Waals surface area contributed by atoms with Gasteiger partial charge < -0.3 is 15.0 Å². The molecule has 1 atom stereocenters. The van der Waals surface area contributed by atoms with Gasteiger partial charge in [0.25, 0.3) is 10.0 Å². The van der Waals surface area contributed by atoms with Crippen LogP contribution in [0.3, 0.4) is 0 Å². The minimum atomic E-state index is -4.21. The lowest BCUT2D eigenvalue weighted by molar-refractivity contribution is -0.140. The maximum atomic E-state index is 14.6. The van der Waals surface area contributed by atoms with E-state index in [1.165, 1.54) is 24.1 Å². The highest BCUT2D eigenvalue weighted by molar-refractivity contribution is 7.92. The molecular weight excluding hydrogens is 657 g/mol. The molecule has 5 rings (SSSR count). The van der Waals surface area contributed by atoms with E-state index in [1.54, 1.807) is 60.7 Å². The van der Waals surface area contributed by atoms with Crippen LogP contribution in [0.1, 0.15) is 36.8 Å². The summed E-state index contributed by atoms with van der Waals surface area (Å²) in [7, 11) is -2.70. The summed E-state index contributed by atoms with van der Waals surface area (Å²) >= 11 is 12.8. The number of carbonyl (C=O) groups is 2. The second kappa shape index (κ2) is 15.7. The Morgan fingerprint density at radius 2 is 1.53 bits per heavy atom. The first-order chi connectivity index (χ1) is 22.7. The van der Waals surface area contributed by atoms with Gasteiger partial charge in [-0.25, -0.2) is 8.42 Å². The highest BCUT2D eigenvalue weighted by atomic mass is 35.5. The zero-order valence-corrected chi connectivity index (χ0v) is 28.3. The number of nitrogens with zero attached hydrogens (tertiary/aromatic N) is 2. The standard InChI is InChI=1S/C36H37Cl2N3O5S/c1-46-31-20-18-30(19-21-31)41(47(44,45)32-14-6-3-7-15-32)25-35(42)40(24-27-16-17-28(37)23-33(27)38)34(22-26-10-4-2-5-11-26)36(43)39-29-12-8-9-13-29/h2-7,10-11,14-21,23,29,34H,8-9,12-13,22,24-25H2,1H3,(H,39,43). The van der Waals surface area contributed by atoms with Crippen LogP contribution in [-0.2, 0) is 32.6 Å². The Hall–Kier alpha value is -4.05. The van der Waals surface area contributed by atoms with Crippen LogP contribution < -0.4 is 14.4 Å². The van der Waals surface area contributed by atoms with E-state index in [-0.39, 0.29) is 35.5 Å². The largest absolute Gasteiger partial charge is 0.497 e. The summed E-state index contributed by atoms with van der Waals surface area (Å²) in [5, 5.41) is 3.92. The number of sulfonamides is 1. The maximum Gasteiger partial charge on any atom is 0.264 e. The van der Waals surface area contributed by atoms with E-state index in [0.29, 0.717) is 21.4 Å². The van der Waals surface area contributed by atoms with Gasteiger partial charge in [-0.05, 0) is 72.5 Å². The average Bonchev–Trinajstić information content (AvgIpc) is 3.60. The summed E-state index contributed by atoms with van der Waals surface area (Å²) in [5.74, 6) is -0.349. The first kappa shape index (κ1) is 34.3. The zero-order valence-electron chi connectivity index (χ0n) is 26.0. The maximum absolute atomic E-state index is 14.6. The van der Waals surface area contributed by atoms with Crippen molar-refractivity contribution in [1.82, 2.24) is 10.2 Å². The van der Waals surface area contributed by atoms with Crippen molar-refractivity contribution in [3.05, 3.63) is 124 Å². The molecular formula is C36H37Cl2N3O5S. The summed E-state index contributed by atoms with van der Waals surface area (Å²) in [6, 6.07) is 27.8. The number of ether oxygens (including phenoxy) is 1. The van der Waals surface area contributed by atoms with Crippen LogP contribution >= 0.6 is 23.2 Å². The number of methoxy groups -OCH3 is 1. The molecule has 0 spiro atoms. The molecule has 4 aromatic carbocycles. The van der Waals surface area contributed by atoms with Crippen molar-refractivity contribution < 1.29 is 22.7 Å². The van der Waals surface area contributed by atoms with E-state index >= 15 is 0 Å². The fourth-order valence-electron chi connectivity index (χ4n) is 5.75. The van der Waals surface area contributed by atoms with Gasteiger partial charge in [-0.15, -0.1) is 0 Å². The normalized spacial score (nSPS) is 13.9. The van der Waals surface area contributed by atoms with Crippen molar-refractivity contribution in [2.24, 2.45) is 0 Å². The van der Waals surface area contributed by atoms with Crippen LogP contribution in [0.2, 0.25) is 10.0 Å². The topological polar surface area (TPSA) is 96.0 Å². The number of anilines is 1. The van der Waals surface area contributed by atoms with Crippen molar-refractivity contribution in [3.63, 3.8) is 0 Å². The summed E-state index contributed by atoms with van der Waals surface area (Å²) in [6.45, 7) is -0.622. The van der Waals surface area contributed by atoms with Crippen LogP contribution in [0, 0.1) is 0 Å². The third-order valence-corrected chi connectivity index (χ3v) is 10.7. The SMILES string of the molecule is COc1ccc(N(CC(=O)N(Cc2ccc(Cl)cc2Cl)C(Cc2ccccc2)C(=O)NC2CCCC2)S(=O)(=O)c2ccccc2)cc1. The molecule has 4 aromatic rings. The molecule has 0 aliphatic heterocycles. The predicted molar refractivity (Wildman–Crippen MR) is 185 cm³/mol. The van der Waals surface area contributed by atoms with Gasteiger partial charge >= 0.3 is 0 Å². The van der Waals surface area contributed by atoms with Gasteiger partial charge in [0.15, 0.2) is 0 Å². The van der Waals surface area contributed by atoms with Crippen molar-refractivity contribution in [3.8, 4) is 5.75 Å². The van der Waals surface area contributed by atoms with E-state index in [4.69, 9.17) is 27.9 Å². The molecule has 1 aliphatic rings. The molecule has 8 nitrogen and oxygen atoms in total. The number of carbonyl (C=O) groups excluding carboxylic acids is 2. The number of amides is 2. The smallest absolute Gasteiger partial charge is 0.264 e. The lowest BCUT2D eigenvalue weighted by Crippen LogP contribution is -2.54. The average molecular weight is 695 g/mol. The van der Waals surface area contributed by atoms with Crippen molar-refractivity contribution in [1.29, 1.82) is 0 Å². The van der Waals surface area contributed by atoms with E-state index in [9.17, 15) is 18.0 Å². The van der Waals surface area contributed by atoms with E-state index in [2.05, 4.69) is 5.32 Å². The molecule has 0 radical (unpaired) electrons. The van der Waals surface area contributed by atoms with Crippen LogP contribution in [0.15, 0.2) is 108 Å². The first-order valence-electron chi connectivity index (χ1n) is 15.5. The van der Waals surface area contributed by atoms with Gasteiger partial charge in [-0.1, -0.05) is 90.6 Å². The van der Waals surface area contributed by atoms with Crippen LogP contribution in [0.5, 0.6) is 5.75 Å². The minimum absolute atomic E-state index is 0.00565. The minimum Gasteiger partial charge on any atom is -0.497 e. The Morgan fingerprint density at radius 3 is 2.15 bits per heavy atom. The summed E-state index contributed by atoms with van der Waals surface area (Å²) in [5.41, 5.74) is 1.68. The molecule has 1 N–H and O–H groups in total. The van der Waals surface area contributed by atoms with Gasteiger partial charge in [0.2, 0.25) is 11.8 Å². The second-order valence-electron chi connectivity index (χ2n) is 11.5. The van der Waals surface area contributed by atoms with Gasteiger partial charge in [-0.2, -0.15) is 0 Å². The molecule has 0 saturated heterocycles. The van der Waals surface area contributed by atoms with Crippen LogP contribution in [0.4, 0.5) is 5.69 Å². The van der Waals surface area contributed by atoms with Crippen molar-refractivity contribution in [2.75, 3.05) is 18.0 Å². The number of hydrogen-bond donors (Lipinski definition) is 1. The fourth-order valence-corrected chi connectivity index (χ4v) is 7.66. The van der Waals surface area contributed by atoms with E-state index in [0.717, 1.165) is 35.6 Å². The molecule has 1 unspecified atom stereocenters.